The molecule has 0 rings (SSSR count). The van der Waals surface area contributed by atoms with Gasteiger partial charge < -0.3 is 30.6 Å². The summed E-state index contributed by atoms with van der Waals surface area (Å²) in [5.74, 6) is 6.88. The average Bonchev–Trinajstić information content (AvgIpc) is 3.09. The van der Waals surface area contributed by atoms with Crippen molar-refractivity contribution in [3.05, 3.63) is 13.2 Å². The van der Waals surface area contributed by atoms with Gasteiger partial charge in [0.05, 0.1) is 32.5 Å². The van der Waals surface area contributed by atoms with Crippen molar-refractivity contribution in [2.24, 2.45) is 11.7 Å². The van der Waals surface area contributed by atoms with Crippen molar-refractivity contribution in [3.8, 4) is 11.8 Å². The topological polar surface area (TPSA) is 112 Å². The van der Waals surface area contributed by atoms with E-state index in [1.54, 1.807) is 0 Å². The Morgan fingerprint density at radius 1 is 0.583 bits per heavy atom. The molecule has 0 aliphatic rings. The highest BCUT2D eigenvalue weighted by Crippen LogP contribution is 2.11. The van der Waals surface area contributed by atoms with Crippen LogP contribution in [0.4, 0.5) is 0 Å². The molecule has 0 spiro atoms. The van der Waals surface area contributed by atoms with Gasteiger partial charge in [0.2, 0.25) is 11.8 Å². The maximum Gasteiger partial charge on any atom is 0.237 e. The van der Waals surface area contributed by atoms with E-state index in [0.29, 0.717) is 59.2 Å². The Kier molecular flexibility index (Phi) is 41.4. The molecule has 2 amide bonds. The second-order valence-corrected chi connectivity index (χ2v) is 12.9. The molecule has 0 aliphatic heterocycles. The smallest absolute Gasteiger partial charge is 0.237 e. The third kappa shape index (κ3) is 38.5. The summed E-state index contributed by atoms with van der Waals surface area (Å²) in [6.07, 6.45) is 25.0. The molecule has 0 radical (unpaired) electrons. The predicted octanol–water partition coefficient (Wildman–Crippen LogP) is 8.27. The number of rotatable bonds is 34. The fraction of sp³-hybridized carbons (Fsp3) is 0.850. The van der Waals surface area contributed by atoms with Crippen LogP contribution in [-0.4, -0.2) is 70.6 Å². The van der Waals surface area contributed by atoms with Gasteiger partial charge in [-0.25, -0.2) is 0 Å². The van der Waals surface area contributed by atoms with Gasteiger partial charge in [-0.05, 0) is 38.0 Å². The van der Waals surface area contributed by atoms with E-state index >= 15 is 0 Å². The molecule has 282 valence electrons. The molecule has 0 aromatic heterocycles. The summed E-state index contributed by atoms with van der Waals surface area (Å²) < 4.78 is 16.6. The molecular weight excluding hydrogens is 602 g/mol. The van der Waals surface area contributed by atoms with E-state index in [-0.39, 0.29) is 17.7 Å². The maximum atomic E-state index is 12.0. The molecule has 1 unspecified atom stereocenters. The summed E-state index contributed by atoms with van der Waals surface area (Å²) in [6.45, 7) is 16.6. The lowest BCUT2D eigenvalue weighted by Crippen LogP contribution is -2.44. The summed E-state index contributed by atoms with van der Waals surface area (Å²) in [5.41, 5.74) is 5.80. The zero-order chi connectivity index (χ0) is 35.8. The number of unbranched alkanes of at least 4 members (excludes halogenated alkanes) is 16. The van der Waals surface area contributed by atoms with Crippen LogP contribution in [0.15, 0.2) is 13.2 Å². The molecule has 0 saturated heterocycles. The molecule has 8 nitrogen and oxygen atoms in total. The minimum absolute atomic E-state index is 0.112. The number of carbonyl (C=O) groups is 2. The van der Waals surface area contributed by atoms with E-state index in [1.165, 1.54) is 89.9 Å². The molecule has 0 aromatic rings. The van der Waals surface area contributed by atoms with Gasteiger partial charge in [0.25, 0.3) is 0 Å². The summed E-state index contributed by atoms with van der Waals surface area (Å²) in [4.78, 5) is 23.8. The number of carbonyl (C=O) groups excluding carboxylic acids is 2. The predicted molar refractivity (Wildman–Crippen MR) is 203 cm³/mol. The second-order valence-electron chi connectivity index (χ2n) is 12.9. The van der Waals surface area contributed by atoms with Crippen LogP contribution in [0, 0.1) is 17.8 Å². The molecule has 1 atom stereocenters. The first kappa shape index (κ1) is 48.2. The number of nitrogens with one attached hydrogen (secondary N) is 2. The van der Waals surface area contributed by atoms with E-state index in [0.717, 1.165) is 38.5 Å². The Morgan fingerprint density at radius 2 is 0.979 bits per heavy atom. The van der Waals surface area contributed by atoms with E-state index in [4.69, 9.17) is 19.9 Å². The largest absolute Gasteiger partial charge is 0.379 e. The Balaban J connectivity index is 0. The normalized spacial score (nSPS) is 11.4. The summed E-state index contributed by atoms with van der Waals surface area (Å²) in [5, 5.41) is 5.81. The highest BCUT2D eigenvalue weighted by Gasteiger charge is 2.16. The summed E-state index contributed by atoms with van der Waals surface area (Å²) >= 11 is 0. The molecule has 0 aliphatic carbocycles. The van der Waals surface area contributed by atoms with Crippen LogP contribution < -0.4 is 16.4 Å². The minimum Gasteiger partial charge on any atom is -0.379 e. The average molecular weight is 680 g/mol. The van der Waals surface area contributed by atoms with Crippen LogP contribution >= 0.6 is 0 Å². The lowest BCUT2D eigenvalue weighted by molar-refractivity contribution is -0.123. The highest BCUT2D eigenvalue weighted by atomic mass is 16.5. The monoisotopic (exact) mass is 680 g/mol. The van der Waals surface area contributed by atoms with Gasteiger partial charge in [-0.1, -0.05) is 104 Å². The highest BCUT2D eigenvalue weighted by molar-refractivity contribution is 5.81. The molecule has 4 N–H and O–H groups in total. The second kappa shape index (κ2) is 41.3. The third-order valence-electron chi connectivity index (χ3n) is 8.05. The zero-order valence-corrected chi connectivity index (χ0v) is 31.7. The van der Waals surface area contributed by atoms with Gasteiger partial charge >= 0.3 is 0 Å². The standard InChI is InChI=1S/C38H73N3O5.C2H4/c1-4-5-6-7-8-9-10-11-12-13-14-15-16-17-18-19-20-21-22-23-26-36(42)40-27-24-29-44-31-33-46-34-32-45-30-25-28-41-38(43)37(39)35(2)3;1-2/h35,37H,4-14,17-34,39H2,1-3H3,(H,40,42)(H,41,43);1-2H2. The first-order valence-corrected chi connectivity index (χ1v) is 19.5. The maximum absolute atomic E-state index is 12.0. The van der Waals surface area contributed by atoms with Gasteiger partial charge in [-0.15, -0.1) is 25.0 Å². The van der Waals surface area contributed by atoms with Crippen molar-refractivity contribution in [1.29, 1.82) is 0 Å². The molecule has 8 heteroatoms. The van der Waals surface area contributed by atoms with Crippen LogP contribution in [0.2, 0.25) is 0 Å². The van der Waals surface area contributed by atoms with Crippen LogP contribution in [0.1, 0.15) is 156 Å². The van der Waals surface area contributed by atoms with Crippen molar-refractivity contribution in [2.75, 3.05) is 52.7 Å². The van der Waals surface area contributed by atoms with Crippen LogP contribution in [0.5, 0.6) is 0 Å². The number of hydrogen-bond acceptors (Lipinski definition) is 6. The quantitative estimate of drug-likeness (QED) is 0.0359. The Hall–Kier alpha value is -1.92. The van der Waals surface area contributed by atoms with Gasteiger partial charge in [0.15, 0.2) is 0 Å². The van der Waals surface area contributed by atoms with Crippen molar-refractivity contribution in [1.82, 2.24) is 10.6 Å². The molecule has 0 bridgehead atoms. The summed E-state index contributed by atoms with van der Waals surface area (Å²) in [7, 11) is 0. The van der Waals surface area contributed by atoms with Gasteiger partial charge in [-0.2, -0.15) is 0 Å². The lowest BCUT2D eigenvalue weighted by atomic mass is 10.1. The molecule has 0 heterocycles. The van der Waals surface area contributed by atoms with Crippen LogP contribution in [0.25, 0.3) is 0 Å². The van der Waals surface area contributed by atoms with Crippen molar-refractivity contribution >= 4 is 11.8 Å². The Bertz CT molecular complexity index is 753. The first-order chi connectivity index (χ1) is 23.5. The van der Waals surface area contributed by atoms with Gasteiger partial charge in [-0.3, -0.25) is 9.59 Å². The molecular formula is C40H77N3O5. The van der Waals surface area contributed by atoms with Gasteiger partial charge in [0, 0.05) is 45.6 Å². The summed E-state index contributed by atoms with van der Waals surface area (Å²) in [6, 6.07) is -0.463. The van der Waals surface area contributed by atoms with E-state index in [2.05, 4.69) is 42.6 Å². The number of nitrogens with two attached hydrogens (primary N) is 1. The van der Waals surface area contributed by atoms with Crippen molar-refractivity contribution in [3.63, 3.8) is 0 Å². The van der Waals surface area contributed by atoms with Crippen LogP contribution in [-0.2, 0) is 23.8 Å². The fourth-order valence-corrected chi connectivity index (χ4v) is 4.92. The van der Waals surface area contributed by atoms with Crippen molar-refractivity contribution < 1.29 is 23.8 Å². The fourth-order valence-electron chi connectivity index (χ4n) is 4.92. The van der Waals surface area contributed by atoms with Crippen LogP contribution in [0.3, 0.4) is 0 Å². The lowest BCUT2D eigenvalue weighted by Gasteiger charge is -2.15. The van der Waals surface area contributed by atoms with E-state index in [9.17, 15) is 9.59 Å². The Labute approximate surface area is 296 Å². The third-order valence-corrected chi connectivity index (χ3v) is 8.05. The first-order valence-electron chi connectivity index (χ1n) is 19.5. The van der Waals surface area contributed by atoms with E-state index in [1.807, 2.05) is 13.8 Å². The van der Waals surface area contributed by atoms with Gasteiger partial charge in [0.1, 0.15) is 0 Å². The Morgan fingerprint density at radius 3 is 1.44 bits per heavy atom. The zero-order valence-electron chi connectivity index (χ0n) is 31.7. The molecule has 0 saturated carbocycles. The minimum atomic E-state index is -0.463. The number of hydrogen-bond donors (Lipinski definition) is 3. The molecule has 0 fully saturated rings. The van der Waals surface area contributed by atoms with E-state index < -0.39 is 6.04 Å². The molecule has 48 heavy (non-hydrogen) atoms. The number of amides is 2. The SMILES string of the molecule is C=C.CCCCCCCCCCCCC#CCCCCCCCCC(=O)NCCCOCCOCCOCCCNC(=O)C(N)C(C)C. The number of ether oxygens (including phenoxy) is 3. The van der Waals surface area contributed by atoms with Crippen molar-refractivity contribution in [2.45, 2.75) is 162 Å². The molecule has 0 aromatic carbocycles.